The Morgan fingerprint density at radius 3 is 2.61 bits per heavy atom. The van der Waals surface area contributed by atoms with Crippen molar-refractivity contribution in [1.29, 1.82) is 0 Å². The van der Waals surface area contributed by atoms with Crippen molar-refractivity contribution in [2.75, 3.05) is 18.8 Å². The second kappa shape index (κ2) is 19.5. The Bertz CT molecular complexity index is 2050. The minimum Gasteiger partial charge on any atom is -0.504 e. The van der Waals surface area contributed by atoms with Crippen molar-refractivity contribution in [3.63, 3.8) is 0 Å². The number of aliphatic imine (C=N–C) groups is 1. The van der Waals surface area contributed by atoms with Crippen molar-refractivity contribution in [2.24, 2.45) is 27.5 Å². The molecule has 4 aliphatic carbocycles. The number of carbonyl (C=O) groups excluding carboxylic acids is 2. The zero-order valence-corrected chi connectivity index (χ0v) is 39.8. The standard InChI is InChI=1S/C52H72N4O6S2/c1-36(57)61-43-18-17-38-29-40(46(60)47-45(38)39-19-25-51(62-47)23-11-15-41(51)30-39)34-56-35-49(33-44(56)59,32-37-13-5-4-6-14-37)26-27-54-48(53)55-52(24-12-22-50(52)20-8-9-21-50)64-63-28-10-3-2-7-16-42(58)31-43/h4-6,13-14,19,25,29,39,41-43,58,60H,2-3,7-12,15-18,20-24,26-28,30-35H2,1H3,(H3,53,54,55)/t39-,41+,42-,43+,49+,51+,52+/m0/s1. The molecule has 10 rings (SSSR count). The van der Waals surface area contributed by atoms with Crippen LogP contribution in [0.15, 0.2) is 53.5 Å². The molecule has 4 heterocycles. The summed E-state index contributed by atoms with van der Waals surface area (Å²) in [4.78, 5) is 33.7. The molecule has 2 aromatic rings. The molecule has 5 N–H and O–H groups in total. The Kier molecular flexibility index (Phi) is 13.9. The number of phenolic OH excluding ortho intramolecular Hbond substituents is 1. The van der Waals surface area contributed by atoms with Crippen LogP contribution in [-0.2, 0) is 33.7 Å². The van der Waals surface area contributed by atoms with E-state index in [-0.39, 0.29) is 45.8 Å². The van der Waals surface area contributed by atoms with Gasteiger partial charge in [-0.1, -0.05) is 90.1 Å². The first-order valence-electron chi connectivity index (χ1n) is 24.8. The summed E-state index contributed by atoms with van der Waals surface area (Å²) in [5, 5.41) is 27.5. The maximum Gasteiger partial charge on any atom is 0.302 e. The zero-order chi connectivity index (χ0) is 44.4. The number of nitrogens with one attached hydrogen (secondary N) is 1. The van der Waals surface area contributed by atoms with Crippen molar-refractivity contribution < 1.29 is 29.3 Å². The second-order valence-corrected chi connectivity index (χ2v) is 23.5. The lowest BCUT2D eigenvalue weighted by Crippen LogP contribution is -2.55. The molecule has 2 aromatic carbocycles. The van der Waals surface area contributed by atoms with E-state index in [0.717, 1.165) is 81.1 Å². The largest absolute Gasteiger partial charge is 0.504 e. The number of fused-ring (bicyclic) bond motifs is 5. The predicted molar refractivity (Wildman–Crippen MR) is 257 cm³/mol. The number of rotatable bonds is 3. The lowest BCUT2D eigenvalue weighted by molar-refractivity contribution is -0.148. The van der Waals surface area contributed by atoms with E-state index in [1.807, 2.05) is 32.6 Å². The SMILES string of the molecule is CC(=O)O[C@@H]1CCc2cc(c(O)c3c2[C@H]2C=C[C@@]4(CCC[C@@H]4C2)O3)CN2C[C@@](Cc3ccccc3)(CCN=C(N)N[C@]3(CCCC34CCCC4)SSCCCCCC[C@H](O)C1)CC2=O. The maximum atomic E-state index is 14.4. The van der Waals surface area contributed by atoms with Gasteiger partial charge in [0.15, 0.2) is 17.5 Å². The third-order valence-electron chi connectivity index (χ3n) is 16.4. The molecule has 6 bridgehead atoms. The van der Waals surface area contributed by atoms with Gasteiger partial charge in [-0.3, -0.25) is 14.6 Å². The van der Waals surface area contributed by atoms with Crippen LogP contribution in [0.5, 0.6) is 11.5 Å². The third-order valence-corrected chi connectivity index (χ3v) is 19.7. The molecule has 3 saturated carbocycles. The molecule has 0 radical (unpaired) electrons. The van der Waals surface area contributed by atoms with Crippen LogP contribution < -0.4 is 15.8 Å². The van der Waals surface area contributed by atoms with Gasteiger partial charge in [-0.15, -0.1) is 0 Å². The quantitative estimate of drug-likeness (QED) is 0.133. The van der Waals surface area contributed by atoms with Crippen molar-refractivity contribution in [1.82, 2.24) is 10.2 Å². The van der Waals surface area contributed by atoms with Gasteiger partial charge in [-0.25, -0.2) is 0 Å². The molecule has 1 saturated heterocycles. The maximum absolute atomic E-state index is 14.4. The smallest absolute Gasteiger partial charge is 0.302 e. The Morgan fingerprint density at radius 2 is 1.78 bits per heavy atom. The fraction of sp³-hybridized carbons (Fsp3) is 0.673. The van der Waals surface area contributed by atoms with Gasteiger partial charge in [-0.2, -0.15) is 0 Å². The number of esters is 1. The van der Waals surface area contributed by atoms with E-state index in [1.54, 1.807) is 0 Å². The van der Waals surface area contributed by atoms with Crippen LogP contribution in [0, 0.1) is 16.7 Å². The molecule has 10 nitrogen and oxygen atoms in total. The summed E-state index contributed by atoms with van der Waals surface area (Å²) >= 11 is 0. The van der Waals surface area contributed by atoms with Gasteiger partial charge in [0.25, 0.3) is 0 Å². The predicted octanol–water partition coefficient (Wildman–Crippen LogP) is 10.0. The highest BCUT2D eigenvalue weighted by Gasteiger charge is 2.57. The van der Waals surface area contributed by atoms with Crippen LogP contribution in [0.1, 0.15) is 164 Å². The van der Waals surface area contributed by atoms with E-state index >= 15 is 0 Å². The van der Waals surface area contributed by atoms with Gasteiger partial charge in [0.2, 0.25) is 5.91 Å². The summed E-state index contributed by atoms with van der Waals surface area (Å²) in [5.41, 5.74) is 10.3. The number of aryl methyl sites for hydroxylation is 1. The fourth-order valence-corrected chi connectivity index (χ4v) is 16.9. The van der Waals surface area contributed by atoms with Gasteiger partial charge < -0.3 is 35.6 Å². The van der Waals surface area contributed by atoms with Crippen molar-refractivity contribution in [3.8, 4) is 11.5 Å². The number of ether oxygens (including phenoxy) is 2. The lowest BCUT2D eigenvalue weighted by Gasteiger charge is -2.44. The van der Waals surface area contributed by atoms with E-state index in [9.17, 15) is 19.8 Å². The number of guanidine groups is 1. The molecular formula is C52H72N4O6S2. The first-order valence-corrected chi connectivity index (χ1v) is 27.1. The van der Waals surface area contributed by atoms with Crippen LogP contribution in [0.25, 0.3) is 0 Å². The average molecular weight is 913 g/mol. The molecular weight excluding hydrogens is 841 g/mol. The molecule has 4 fully saturated rings. The molecule has 12 heteroatoms. The van der Waals surface area contributed by atoms with Crippen LogP contribution >= 0.6 is 21.6 Å². The Balaban J connectivity index is 1.04. The number of hydrogen-bond donors (Lipinski definition) is 4. The minimum atomic E-state index is -0.568. The monoisotopic (exact) mass is 912 g/mol. The van der Waals surface area contributed by atoms with Gasteiger partial charge in [0, 0.05) is 78.9 Å². The number of aromatic hydroxyl groups is 1. The Morgan fingerprint density at radius 1 is 0.969 bits per heavy atom. The number of phenols is 1. The average Bonchev–Trinajstić information content (AvgIpc) is 4.02. The number of carbonyl (C=O) groups is 2. The number of hydrogen-bond acceptors (Lipinski definition) is 11. The topological polar surface area (TPSA) is 147 Å². The molecule has 3 spiro atoms. The Hall–Kier alpha value is -3.35. The highest BCUT2D eigenvalue weighted by atomic mass is 33.1. The van der Waals surface area contributed by atoms with E-state index in [2.05, 4.69) is 47.8 Å². The van der Waals surface area contributed by atoms with Crippen LogP contribution in [0.3, 0.4) is 0 Å². The van der Waals surface area contributed by atoms with Crippen LogP contribution in [-0.4, -0.2) is 74.5 Å². The van der Waals surface area contributed by atoms with Crippen LogP contribution in [0.2, 0.25) is 0 Å². The van der Waals surface area contributed by atoms with Crippen molar-refractivity contribution >= 4 is 39.4 Å². The van der Waals surface area contributed by atoms with Gasteiger partial charge in [0.05, 0.1) is 6.10 Å². The molecule has 0 aromatic heterocycles. The summed E-state index contributed by atoms with van der Waals surface area (Å²) in [6, 6.07) is 12.6. The number of nitrogens with zero attached hydrogens (tertiary/aromatic N) is 2. The minimum absolute atomic E-state index is 0.0711. The molecule has 64 heavy (non-hydrogen) atoms. The summed E-state index contributed by atoms with van der Waals surface area (Å²) in [7, 11) is 3.98. The molecule has 8 aliphatic rings. The number of allylic oxidation sites excluding steroid dienone is 1. The summed E-state index contributed by atoms with van der Waals surface area (Å²) in [6.07, 6.45) is 24.3. The summed E-state index contributed by atoms with van der Waals surface area (Å²) in [6.45, 7) is 2.77. The molecule has 4 aliphatic heterocycles. The van der Waals surface area contributed by atoms with E-state index < -0.39 is 17.8 Å². The van der Waals surface area contributed by atoms with Crippen LogP contribution in [0.4, 0.5) is 0 Å². The highest BCUT2D eigenvalue weighted by molar-refractivity contribution is 8.77. The zero-order valence-electron chi connectivity index (χ0n) is 38.1. The molecule has 0 unspecified atom stereocenters. The molecule has 348 valence electrons. The van der Waals surface area contributed by atoms with Gasteiger partial charge in [-0.05, 0) is 120 Å². The van der Waals surface area contributed by atoms with Gasteiger partial charge >= 0.3 is 5.97 Å². The second-order valence-electron chi connectivity index (χ2n) is 20.8. The van der Waals surface area contributed by atoms with Gasteiger partial charge in [0.1, 0.15) is 16.6 Å². The van der Waals surface area contributed by atoms with E-state index in [4.69, 9.17) is 20.2 Å². The van der Waals surface area contributed by atoms with Crippen molar-refractivity contribution in [3.05, 3.63) is 70.8 Å². The lowest BCUT2D eigenvalue weighted by atomic mass is 9.75. The molecule has 1 amide bonds. The fourth-order valence-electron chi connectivity index (χ4n) is 13.3. The van der Waals surface area contributed by atoms with E-state index in [0.29, 0.717) is 74.8 Å². The highest BCUT2D eigenvalue weighted by Crippen LogP contribution is 2.63. The number of amides is 1. The first kappa shape index (κ1) is 45.8. The summed E-state index contributed by atoms with van der Waals surface area (Å²) < 4.78 is 13.0. The number of aliphatic hydroxyl groups is 1. The first-order chi connectivity index (χ1) is 31.0. The number of benzene rings is 2. The number of aliphatic hydroxyl groups excluding tert-OH is 1. The third kappa shape index (κ3) is 9.58. The van der Waals surface area contributed by atoms with E-state index in [1.165, 1.54) is 51.0 Å². The number of nitrogens with two attached hydrogens (primary N) is 1. The molecule has 7 atom stereocenters. The normalized spacial score (nSPS) is 33.6. The Labute approximate surface area is 389 Å². The van der Waals surface area contributed by atoms with Crippen molar-refractivity contribution in [2.45, 2.75) is 183 Å². The summed E-state index contributed by atoms with van der Waals surface area (Å²) in [5.74, 6) is 2.47.